The van der Waals surface area contributed by atoms with E-state index >= 15 is 0 Å². The average molecular weight is 831 g/mol. The highest BCUT2D eigenvalue weighted by atomic mass is 16.3. The van der Waals surface area contributed by atoms with Gasteiger partial charge in [0.2, 0.25) is 5.95 Å². The summed E-state index contributed by atoms with van der Waals surface area (Å²) in [5, 5.41) is 16.1. The number of hydrogen-bond donors (Lipinski definition) is 0. The Kier molecular flexibility index (Phi) is 8.14. The van der Waals surface area contributed by atoms with Crippen LogP contribution in [0.5, 0.6) is 0 Å². The molecule has 0 aliphatic heterocycles. The topological polar surface area (TPSA) is 85.5 Å². The Balaban J connectivity index is 1.17. The lowest BCUT2D eigenvalue weighted by Crippen LogP contribution is -2.07. The first-order valence-electron chi connectivity index (χ1n) is 21.6. The van der Waals surface area contributed by atoms with Gasteiger partial charge in [0.15, 0.2) is 11.6 Å². The van der Waals surface area contributed by atoms with Gasteiger partial charge in [0.25, 0.3) is 0 Å². The standard InChI is InChI=1S/C58H34N6O/c59-35-36-27-29-38(30-28-36)48-33-40(34-49-44-22-11-14-26-52(44)65-55(48)49)63-50-24-12-9-20-42(50)45-31-32-46-43-21-10-13-25-51(43)64(54(46)53(45)63)58-61-56(39-17-5-2-6-18-39)60-57(62-58)47-23-8-7-19-41(47)37-15-3-1-4-16-37/h1-34H. The number of benzene rings is 9. The number of furan rings is 1. The average Bonchev–Trinajstić information content (AvgIpc) is 4.04. The highest BCUT2D eigenvalue weighted by Gasteiger charge is 2.25. The summed E-state index contributed by atoms with van der Waals surface area (Å²) in [6.07, 6.45) is 0. The first kappa shape index (κ1) is 36.5. The Morgan fingerprint density at radius 1 is 0.400 bits per heavy atom. The van der Waals surface area contributed by atoms with Gasteiger partial charge in [-0.1, -0.05) is 164 Å². The van der Waals surface area contributed by atoms with Gasteiger partial charge in [0, 0.05) is 54.7 Å². The van der Waals surface area contributed by atoms with Gasteiger partial charge in [-0.3, -0.25) is 4.57 Å². The lowest BCUT2D eigenvalue weighted by molar-refractivity contribution is 0.670. The second kappa shape index (κ2) is 14.5. The fourth-order valence-corrected chi connectivity index (χ4v) is 9.71. The Bertz CT molecular complexity index is 4060. The molecule has 9 aromatic carbocycles. The van der Waals surface area contributed by atoms with Crippen molar-refractivity contribution in [2.45, 2.75) is 0 Å². The molecule has 0 saturated heterocycles. The van der Waals surface area contributed by atoms with Crippen molar-refractivity contribution in [3.63, 3.8) is 0 Å². The lowest BCUT2D eigenvalue weighted by atomic mass is 9.99. The molecular weight excluding hydrogens is 797 g/mol. The van der Waals surface area contributed by atoms with Crippen LogP contribution in [-0.4, -0.2) is 24.1 Å². The van der Waals surface area contributed by atoms with Gasteiger partial charge >= 0.3 is 0 Å². The molecule has 65 heavy (non-hydrogen) atoms. The van der Waals surface area contributed by atoms with E-state index in [0.717, 1.165) is 105 Å². The first-order chi connectivity index (χ1) is 32.2. The van der Waals surface area contributed by atoms with E-state index < -0.39 is 0 Å². The molecule has 13 rings (SSSR count). The van der Waals surface area contributed by atoms with Crippen molar-refractivity contribution in [3.05, 3.63) is 212 Å². The molecule has 4 heterocycles. The normalized spacial score (nSPS) is 11.7. The molecule has 13 aromatic rings. The zero-order chi connectivity index (χ0) is 43.0. The van der Waals surface area contributed by atoms with Crippen LogP contribution in [0.25, 0.3) is 122 Å². The monoisotopic (exact) mass is 830 g/mol. The number of para-hydroxylation sites is 3. The molecule has 7 nitrogen and oxygen atoms in total. The molecule has 0 spiro atoms. The van der Waals surface area contributed by atoms with E-state index in [-0.39, 0.29) is 0 Å². The molecule has 0 radical (unpaired) electrons. The molecule has 302 valence electrons. The van der Waals surface area contributed by atoms with E-state index in [4.69, 9.17) is 19.4 Å². The van der Waals surface area contributed by atoms with Crippen molar-refractivity contribution in [2.24, 2.45) is 0 Å². The van der Waals surface area contributed by atoms with Crippen LogP contribution in [0.2, 0.25) is 0 Å². The molecule has 0 fully saturated rings. The van der Waals surface area contributed by atoms with Crippen molar-refractivity contribution in [2.75, 3.05) is 0 Å². The maximum atomic E-state index is 9.70. The number of rotatable bonds is 6. The zero-order valence-corrected chi connectivity index (χ0v) is 34.7. The number of nitrogens with zero attached hydrogens (tertiary/aromatic N) is 6. The zero-order valence-electron chi connectivity index (χ0n) is 34.7. The highest BCUT2D eigenvalue weighted by molar-refractivity contribution is 6.24. The van der Waals surface area contributed by atoms with Crippen LogP contribution < -0.4 is 0 Å². The summed E-state index contributed by atoms with van der Waals surface area (Å²) < 4.78 is 11.3. The Hall–Kier alpha value is -9.12. The minimum Gasteiger partial charge on any atom is -0.455 e. The van der Waals surface area contributed by atoms with Crippen LogP contribution >= 0.6 is 0 Å². The molecule has 0 amide bonds. The fourth-order valence-electron chi connectivity index (χ4n) is 9.71. The van der Waals surface area contributed by atoms with Crippen molar-refractivity contribution >= 4 is 65.6 Å². The summed E-state index contributed by atoms with van der Waals surface area (Å²) in [5.74, 6) is 1.68. The van der Waals surface area contributed by atoms with Crippen LogP contribution in [0.15, 0.2) is 211 Å². The predicted molar refractivity (Wildman–Crippen MR) is 262 cm³/mol. The van der Waals surface area contributed by atoms with Crippen molar-refractivity contribution in [1.29, 1.82) is 5.26 Å². The summed E-state index contributed by atoms with van der Waals surface area (Å²) in [7, 11) is 0. The maximum Gasteiger partial charge on any atom is 0.238 e. The maximum absolute atomic E-state index is 9.70. The van der Waals surface area contributed by atoms with E-state index in [1.165, 1.54) is 0 Å². The van der Waals surface area contributed by atoms with Gasteiger partial charge in [-0.2, -0.15) is 15.2 Å². The summed E-state index contributed by atoms with van der Waals surface area (Å²) >= 11 is 0. The van der Waals surface area contributed by atoms with E-state index in [9.17, 15) is 5.26 Å². The van der Waals surface area contributed by atoms with Crippen LogP contribution in [-0.2, 0) is 0 Å². The minimum absolute atomic E-state index is 0.516. The summed E-state index contributed by atoms with van der Waals surface area (Å²) in [4.78, 5) is 16.0. The van der Waals surface area contributed by atoms with Crippen LogP contribution in [0.3, 0.4) is 0 Å². The van der Waals surface area contributed by atoms with Crippen LogP contribution in [0.4, 0.5) is 0 Å². The molecule has 7 heteroatoms. The van der Waals surface area contributed by atoms with Crippen LogP contribution in [0, 0.1) is 11.3 Å². The van der Waals surface area contributed by atoms with Crippen molar-refractivity contribution < 1.29 is 4.42 Å². The second-order valence-corrected chi connectivity index (χ2v) is 16.3. The van der Waals surface area contributed by atoms with Crippen LogP contribution in [0.1, 0.15) is 5.56 Å². The van der Waals surface area contributed by atoms with E-state index in [2.05, 4.69) is 155 Å². The predicted octanol–water partition coefficient (Wildman–Crippen LogP) is 14.5. The molecule has 4 aromatic heterocycles. The molecular formula is C58H34N6O. The number of nitriles is 1. The quantitative estimate of drug-likeness (QED) is 0.167. The van der Waals surface area contributed by atoms with Crippen molar-refractivity contribution in [3.8, 4) is 62.7 Å². The lowest BCUT2D eigenvalue weighted by Gasteiger charge is -2.15. The Morgan fingerprint density at radius 2 is 0.954 bits per heavy atom. The summed E-state index contributed by atoms with van der Waals surface area (Å²) in [6.45, 7) is 0. The van der Waals surface area contributed by atoms with E-state index in [0.29, 0.717) is 23.2 Å². The van der Waals surface area contributed by atoms with Gasteiger partial charge in [0.1, 0.15) is 11.2 Å². The largest absolute Gasteiger partial charge is 0.455 e. The van der Waals surface area contributed by atoms with Crippen molar-refractivity contribution in [1.82, 2.24) is 24.1 Å². The summed E-state index contributed by atoms with van der Waals surface area (Å²) in [5.41, 5.74) is 13.0. The Morgan fingerprint density at radius 3 is 1.66 bits per heavy atom. The first-order valence-corrected chi connectivity index (χ1v) is 21.6. The van der Waals surface area contributed by atoms with Gasteiger partial charge < -0.3 is 8.98 Å². The molecule has 0 unspecified atom stereocenters. The molecule has 0 N–H and O–H groups in total. The van der Waals surface area contributed by atoms with Gasteiger partial charge in [-0.25, -0.2) is 4.98 Å². The second-order valence-electron chi connectivity index (χ2n) is 16.3. The number of hydrogen-bond acceptors (Lipinski definition) is 5. The molecule has 0 aliphatic carbocycles. The van der Waals surface area contributed by atoms with E-state index in [1.807, 2.05) is 66.7 Å². The molecule has 0 atom stereocenters. The third-order valence-electron chi connectivity index (χ3n) is 12.6. The number of fused-ring (bicyclic) bond motifs is 10. The minimum atomic E-state index is 0.516. The highest BCUT2D eigenvalue weighted by Crippen LogP contribution is 2.44. The smallest absolute Gasteiger partial charge is 0.238 e. The van der Waals surface area contributed by atoms with E-state index in [1.54, 1.807) is 0 Å². The SMILES string of the molecule is N#Cc1ccc(-c2cc(-n3c4ccccc4c4ccc5c6ccccc6n(-c6nc(-c7ccccc7)nc(-c7ccccc7-c7ccccc7)n6)c5c43)cc3c2oc2ccccc23)cc1. The summed E-state index contributed by atoms with van der Waals surface area (Å²) in [6, 6.07) is 73.2. The fraction of sp³-hybridized carbons (Fsp3) is 0. The van der Waals surface area contributed by atoms with Gasteiger partial charge in [0.05, 0.1) is 33.7 Å². The van der Waals surface area contributed by atoms with Gasteiger partial charge in [-0.15, -0.1) is 0 Å². The molecule has 0 bridgehead atoms. The Labute approximate surface area is 372 Å². The third kappa shape index (κ3) is 5.71. The molecule has 0 aliphatic rings. The van der Waals surface area contributed by atoms with Gasteiger partial charge in [-0.05, 0) is 59.2 Å². The number of aromatic nitrogens is 5. The third-order valence-corrected chi connectivity index (χ3v) is 12.6. The molecule has 0 saturated carbocycles.